The molecule has 2 N–H and O–H groups in total. The molecule has 5 heteroatoms. The second-order valence-electron chi connectivity index (χ2n) is 4.86. The van der Waals surface area contributed by atoms with Crippen LogP contribution in [0.2, 0.25) is 5.02 Å². The van der Waals surface area contributed by atoms with Crippen molar-refractivity contribution in [3.8, 4) is 0 Å². The lowest BCUT2D eigenvalue weighted by Gasteiger charge is -2.12. The molecule has 0 amide bonds. The van der Waals surface area contributed by atoms with Crippen molar-refractivity contribution in [3.63, 3.8) is 0 Å². The van der Waals surface area contributed by atoms with Crippen LogP contribution in [0, 0.1) is 0 Å². The molecule has 1 atom stereocenters. The Hall–Kier alpha value is -1.49. The predicted octanol–water partition coefficient (Wildman–Crippen LogP) is 4.18. The van der Waals surface area contributed by atoms with Crippen molar-refractivity contribution in [2.24, 2.45) is 5.73 Å². The fraction of sp³-hybridized carbons (Fsp3) is 0.278. The summed E-state index contributed by atoms with van der Waals surface area (Å²) < 4.78 is 5.04. The van der Waals surface area contributed by atoms with E-state index in [-0.39, 0.29) is 18.6 Å². The van der Waals surface area contributed by atoms with Crippen LogP contribution >= 0.6 is 23.4 Å². The minimum Gasteiger partial charge on any atom is -0.461 e. The van der Waals surface area contributed by atoms with Crippen LogP contribution in [0.3, 0.4) is 0 Å². The molecule has 0 heterocycles. The van der Waals surface area contributed by atoms with E-state index in [1.165, 1.54) is 4.90 Å². The first-order chi connectivity index (χ1) is 11.0. The first-order valence-electron chi connectivity index (χ1n) is 7.28. The molecule has 23 heavy (non-hydrogen) atoms. The fourth-order valence-electron chi connectivity index (χ4n) is 1.85. The highest BCUT2D eigenvalue weighted by atomic mass is 35.5. The molecule has 1 unspecified atom stereocenters. The summed E-state index contributed by atoms with van der Waals surface area (Å²) in [7, 11) is 0. The highest BCUT2D eigenvalue weighted by molar-refractivity contribution is 7.98. The zero-order valence-electron chi connectivity index (χ0n) is 13.4. The van der Waals surface area contributed by atoms with E-state index in [2.05, 4.69) is 0 Å². The van der Waals surface area contributed by atoms with Crippen molar-refractivity contribution in [2.75, 3.05) is 12.8 Å². The number of carbonyl (C=O) groups is 1. The Bertz CT molecular complexity index is 593. The maximum atomic E-state index is 10.9. The molecular formula is C18H22ClNO2S. The molecule has 0 saturated heterocycles. The highest BCUT2D eigenvalue weighted by Crippen LogP contribution is 2.18. The van der Waals surface area contributed by atoms with E-state index in [9.17, 15) is 4.79 Å². The van der Waals surface area contributed by atoms with E-state index in [0.29, 0.717) is 0 Å². The summed E-state index contributed by atoms with van der Waals surface area (Å²) >= 11 is 7.41. The first kappa shape index (κ1) is 19.6. The van der Waals surface area contributed by atoms with Crippen molar-refractivity contribution >= 4 is 29.3 Å². The van der Waals surface area contributed by atoms with Crippen LogP contribution in [0.4, 0.5) is 0 Å². The zero-order chi connectivity index (χ0) is 17.1. The lowest BCUT2D eigenvalue weighted by atomic mass is 10.1. The summed E-state index contributed by atoms with van der Waals surface area (Å²) in [6.07, 6.45) is 2.64. The van der Waals surface area contributed by atoms with Gasteiger partial charge in [0.25, 0.3) is 0 Å². The summed E-state index contributed by atoms with van der Waals surface area (Å²) in [5, 5.41) is 0.807. The molecule has 0 fully saturated rings. The van der Waals surface area contributed by atoms with Gasteiger partial charge in [-0.1, -0.05) is 48.0 Å². The quantitative estimate of drug-likeness (QED) is 0.648. The Morgan fingerprint density at radius 1 is 1.22 bits per heavy atom. The van der Waals surface area contributed by atoms with Crippen molar-refractivity contribution < 1.29 is 9.53 Å². The van der Waals surface area contributed by atoms with Gasteiger partial charge >= 0.3 is 5.97 Å². The Morgan fingerprint density at radius 2 is 1.91 bits per heavy atom. The van der Waals surface area contributed by atoms with Gasteiger partial charge in [0, 0.05) is 16.3 Å². The fourth-order valence-corrected chi connectivity index (χ4v) is 2.57. The van der Waals surface area contributed by atoms with E-state index < -0.39 is 0 Å². The molecule has 124 valence electrons. The molecule has 3 nitrogen and oxygen atoms in total. The van der Waals surface area contributed by atoms with Crippen LogP contribution in [0.5, 0.6) is 0 Å². The van der Waals surface area contributed by atoms with Crippen molar-refractivity contribution in [1.82, 2.24) is 0 Å². The van der Waals surface area contributed by atoms with Gasteiger partial charge in [0.1, 0.15) is 6.10 Å². The number of ether oxygens (including phenoxy) is 1. The van der Waals surface area contributed by atoms with Gasteiger partial charge in [0.15, 0.2) is 0 Å². The first-order valence-corrected chi connectivity index (χ1v) is 8.88. The van der Waals surface area contributed by atoms with Crippen LogP contribution in [-0.2, 0) is 16.0 Å². The second-order valence-corrected chi connectivity index (χ2v) is 6.17. The molecule has 0 spiro atoms. The number of halogens is 1. The normalized spacial score (nSPS) is 11.1. The molecule has 0 saturated carbocycles. The Labute approximate surface area is 147 Å². The third kappa shape index (κ3) is 8.65. The molecule has 0 aliphatic carbocycles. The number of hydrogen-bond acceptors (Lipinski definition) is 4. The summed E-state index contributed by atoms with van der Waals surface area (Å²) in [5.74, 6) is -0.353. The predicted molar refractivity (Wildman–Crippen MR) is 98.0 cm³/mol. The number of benzene rings is 2. The van der Waals surface area contributed by atoms with Crippen LogP contribution in [0.25, 0.3) is 0 Å². The van der Waals surface area contributed by atoms with Gasteiger partial charge in [-0.15, -0.1) is 11.8 Å². The Kier molecular flexibility index (Phi) is 9.45. The van der Waals surface area contributed by atoms with Crippen LogP contribution in [-0.4, -0.2) is 24.9 Å². The van der Waals surface area contributed by atoms with E-state index in [0.717, 1.165) is 17.0 Å². The Morgan fingerprint density at radius 3 is 2.43 bits per heavy atom. The lowest BCUT2D eigenvalue weighted by molar-refractivity contribution is -0.146. The largest absolute Gasteiger partial charge is 0.461 e. The number of nitrogens with two attached hydrogens (primary N) is 1. The third-order valence-corrected chi connectivity index (χ3v) is 3.86. The minimum absolute atomic E-state index is 0.0564. The van der Waals surface area contributed by atoms with Gasteiger partial charge < -0.3 is 10.5 Å². The molecule has 0 aliphatic heterocycles. The average molecular weight is 352 g/mol. The van der Waals surface area contributed by atoms with Crippen molar-refractivity contribution in [1.29, 1.82) is 0 Å². The average Bonchev–Trinajstić information content (AvgIpc) is 2.56. The maximum absolute atomic E-state index is 10.9. The number of hydrogen-bond donors (Lipinski definition) is 1. The summed E-state index contributed by atoms with van der Waals surface area (Å²) in [4.78, 5) is 12.1. The van der Waals surface area contributed by atoms with E-state index in [1.54, 1.807) is 11.8 Å². The molecular weight excluding hydrogens is 330 g/mol. The summed E-state index contributed by atoms with van der Waals surface area (Å²) in [6, 6.07) is 17.7. The van der Waals surface area contributed by atoms with Gasteiger partial charge in [-0.3, -0.25) is 4.79 Å². The highest BCUT2D eigenvalue weighted by Gasteiger charge is 2.07. The molecule has 0 aliphatic rings. The van der Waals surface area contributed by atoms with Crippen LogP contribution in [0.1, 0.15) is 12.5 Å². The molecule has 0 aromatic heterocycles. The van der Waals surface area contributed by atoms with E-state index in [4.69, 9.17) is 22.1 Å². The topological polar surface area (TPSA) is 52.3 Å². The van der Waals surface area contributed by atoms with Gasteiger partial charge in [0.2, 0.25) is 0 Å². The second kappa shape index (κ2) is 11.1. The van der Waals surface area contributed by atoms with Gasteiger partial charge in [0.05, 0.1) is 6.54 Å². The number of carbonyl (C=O) groups excluding carboxylic acids is 1. The lowest BCUT2D eigenvalue weighted by Crippen LogP contribution is -2.23. The van der Waals surface area contributed by atoms with Crippen LogP contribution in [0.15, 0.2) is 59.5 Å². The number of rotatable bonds is 5. The third-order valence-electron chi connectivity index (χ3n) is 2.90. The summed E-state index contributed by atoms with van der Waals surface area (Å²) in [5.41, 5.74) is 6.30. The standard InChI is InChI=1S/C11H15NO2.C7H7ClS/c1-9(14-11(13)8-12)7-10-5-3-2-4-6-10;1-9-7-4-2-3-6(8)5-7/h2-6,9H,7-8,12H2,1H3;2-5H,1H3. The SMILES string of the molecule is CC(Cc1ccccc1)OC(=O)CN.CSc1cccc(Cl)c1. The van der Waals surface area contributed by atoms with E-state index in [1.807, 2.05) is 67.8 Å². The van der Waals surface area contributed by atoms with Gasteiger partial charge in [-0.05, 0) is 36.9 Å². The summed E-state index contributed by atoms with van der Waals surface area (Å²) in [6.45, 7) is 1.81. The maximum Gasteiger partial charge on any atom is 0.319 e. The zero-order valence-corrected chi connectivity index (χ0v) is 14.9. The van der Waals surface area contributed by atoms with Crippen LogP contribution < -0.4 is 5.73 Å². The van der Waals surface area contributed by atoms with Gasteiger partial charge in [-0.25, -0.2) is 0 Å². The smallest absolute Gasteiger partial charge is 0.319 e. The number of esters is 1. The van der Waals surface area contributed by atoms with Crippen molar-refractivity contribution in [3.05, 3.63) is 65.2 Å². The van der Waals surface area contributed by atoms with E-state index >= 15 is 0 Å². The number of thioether (sulfide) groups is 1. The monoisotopic (exact) mass is 351 g/mol. The molecule has 2 aromatic rings. The molecule has 2 aromatic carbocycles. The molecule has 0 radical (unpaired) electrons. The molecule has 0 bridgehead atoms. The Balaban J connectivity index is 0.000000253. The molecule has 2 rings (SSSR count). The minimum atomic E-state index is -0.353. The van der Waals surface area contributed by atoms with Crippen molar-refractivity contribution in [2.45, 2.75) is 24.3 Å². The van der Waals surface area contributed by atoms with Gasteiger partial charge in [-0.2, -0.15) is 0 Å².